The molecule has 1 saturated heterocycles. The second kappa shape index (κ2) is 15.6. The fourth-order valence-electron chi connectivity index (χ4n) is 9.83. The summed E-state index contributed by atoms with van der Waals surface area (Å²) >= 11 is 0. The summed E-state index contributed by atoms with van der Waals surface area (Å²) in [6, 6.07) is 13.9. The highest BCUT2D eigenvalue weighted by molar-refractivity contribution is 5.94. The lowest BCUT2D eigenvalue weighted by atomic mass is 9.44. The minimum atomic E-state index is -2.91. The highest BCUT2D eigenvalue weighted by atomic mass is 16.6. The third kappa shape index (κ3) is 7.20. The van der Waals surface area contributed by atoms with Crippen molar-refractivity contribution in [3.8, 4) is 0 Å². The van der Waals surface area contributed by atoms with Gasteiger partial charge in [-0.2, -0.15) is 0 Å². The summed E-state index contributed by atoms with van der Waals surface area (Å²) in [5.41, 5.74) is -11.7. The fourth-order valence-corrected chi connectivity index (χ4v) is 9.83. The number of hydrogen-bond acceptors (Lipinski definition) is 15. The van der Waals surface area contributed by atoms with E-state index < -0.39 is 119 Å². The molecule has 3 fully saturated rings. The van der Waals surface area contributed by atoms with E-state index in [1.165, 1.54) is 52.0 Å². The summed E-state index contributed by atoms with van der Waals surface area (Å²) in [6.07, 6.45) is -9.98. The summed E-state index contributed by atoms with van der Waals surface area (Å²) in [4.78, 5) is 69.6. The van der Waals surface area contributed by atoms with Crippen LogP contribution >= 0.6 is 0 Å². The number of benzene rings is 2. The second-order valence-electron chi connectivity index (χ2n) is 18.1. The van der Waals surface area contributed by atoms with Gasteiger partial charge in [-0.25, -0.2) is 14.4 Å². The topological polar surface area (TPSA) is 245 Å². The smallest absolute Gasteiger partial charge is 0.408 e. The first-order valence-electron chi connectivity index (χ1n) is 19.9. The number of ketones is 1. The van der Waals surface area contributed by atoms with Crippen LogP contribution in [0.25, 0.3) is 0 Å². The van der Waals surface area contributed by atoms with Gasteiger partial charge in [-0.15, -0.1) is 0 Å². The van der Waals surface area contributed by atoms with Crippen molar-refractivity contribution in [2.75, 3.05) is 13.2 Å². The maximum absolute atomic E-state index is 15.0. The van der Waals surface area contributed by atoms with Gasteiger partial charge in [-0.1, -0.05) is 62.4 Å². The first-order chi connectivity index (χ1) is 27.9. The SMILES string of the molecule is CC(=O)O[C@@]12CO[C@@H]1C[C@H](O)[C@@]1(C)C(=O)[C@H](O)C3=C(C)[C@@H](OC(=O)[C@](O)(CO)[C@H](NC(=O)OC(C)(C)C)c4ccccc4)C[C@@](O)([C@@H](OC(=O)c4ccccc4)[C@H]21)C3(C)C. The number of ether oxygens (including phenoxy) is 5. The van der Waals surface area contributed by atoms with E-state index in [-0.39, 0.29) is 35.3 Å². The van der Waals surface area contributed by atoms with Crippen molar-refractivity contribution in [1.29, 1.82) is 0 Å². The summed E-state index contributed by atoms with van der Waals surface area (Å²) in [5.74, 6) is -5.74. The van der Waals surface area contributed by atoms with Crippen LogP contribution in [-0.2, 0) is 38.1 Å². The van der Waals surface area contributed by atoms with Crippen LogP contribution in [0.1, 0.15) is 90.2 Å². The molecule has 1 amide bonds. The Bertz CT molecular complexity index is 2050. The average molecular weight is 838 g/mol. The van der Waals surface area contributed by atoms with Gasteiger partial charge < -0.3 is 54.5 Å². The number of Topliss-reactive ketones (excluding diaryl/α,β-unsaturated/α-hetero) is 1. The minimum Gasteiger partial charge on any atom is -0.455 e. The van der Waals surface area contributed by atoms with Crippen LogP contribution in [0.15, 0.2) is 71.8 Å². The molecule has 326 valence electrons. The molecule has 60 heavy (non-hydrogen) atoms. The predicted molar refractivity (Wildman–Crippen MR) is 210 cm³/mol. The molecule has 16 heteroatoms. The molecule has 1 heterocycles. The molecule has 3 aliphatic carbocycles. The number of aliphatic hydroxyl groups excluding tert-OH is 3. The summed E-state index contributed by atoms with van der Waals surface area (Å²) in [7, 11) is 0. The Labute approximate surface area is 347 Å². The second-order valence-corrected chi connectivity index (χ2v) is 18.1. The summed E-state index contributed by atoms with van der Waals surface area (Å²) in [5, 5.41) is 62.9. The molecule has 2 aromatic carbocycles. The van der Waals surface area contributed by atoms with Gasteiger partial charge in [-0.05, 0) is 63.5 Å². The molecule has 4 aliphatic rings. The van der Waals surface area contributed by atoms with Crippen LogP contribution in [-0.4, -0.2) is 121 Å². The molecule has 0 radical (unpaired) electrons. The van der Waals surface area contributed by atoms with Crippen LogP contribution in [0.3, 0.4) is 0 Å². The minimum absolute atomic E-state index is 0.0523. The van der Waals surface area contributed by atoms with Crippen LogP contribution in [0.5, 0.6) is 0 Å². The Morgan fingerprint density at radius 1 is 0.967 bits per heavy atom. The Kier molecular flexibility index (Phi) is 11.7. The number of rotatable bonds is 9. The molecular weight excluding hydrogens is 782 g/mol. The lowest BCUT2D eigenvalue weighted by Crippen LogP contribution is -2.81. The molecule has 2 saturated carbocycles. The van der Waals surface area contributed by atoms with Crippen molar-refractivity contribution in [2.45, 2.75) is 127 Å². The quantitative estimate of drug-likeness (QED) is 0.121. The zero-order valence-electron chi connectivity index (χ0n) is 35.0. The van der Waals surface area contributed by atoms with E-state index in [4.69, 9.17) is 23.7 Å². The number of alkyl carbamates (subject to hydrolysis) is 1. The molecule has 2 bridgehead atoms. The summed E-state index contributed by atoms with van der Waals surface area (Å²) in [6.45, 7) is 10.2. The molecule has 1 aliphatic heterocycles. The van der Waals surface area contributed by atoms with E-state index in [1.54, 1.807) is 57.2 Å². The monoisotopic (exact) mass is 837 g/mol. The van der Waals surface area contributed by atoms with Gasteiger partial charge in [0.05, 0.1) is 42.3 Å². The lowest BCUT2D eigenvalue weighted by molar-refractivity contribution is -0.346. The van der Waals surface area contributed by atoms with E-state index in [2.05, 4.69) is 5.32 Å². The van der Waals surface area contributed by atoms with Gasteiger partial charge in [0.25, 0.3) is 0 Å². The van der Waals surface area contributed by atoms with Gasteiger partial charge in [-0.3, -0.25) is 9.59 Å². The van der Waals surface area contributed by atoms with Gasteiger partial charge in [0.15, 0.2) is 11.4 Å². The Morgan fingerprint density at radius 2 is 1.57 bits per heavy atom. The number of carbonyl (C=O) groups excluding carboxylic acids is 5. The van der Waals surface area contributed by atoms with Crippen molar-refractivity contribution >= 4 is 29.8 Å². The Hall–Kier alpha value is -4.71. The van der Waals surface area contributed by atoms with E-state index in [9.17, 15) is 44.7 Å². The van der Waals surface area contributed by atoms with Crippen LogP contribution in [0.4, 0.5) is 4.79 Å². The number of esters is 3. The van der Waals surface area contributed by atoms with Gasteiger partial charge in [0.1, 0.15) is 35.6 Å². The maximum atomic E-state index is 15.0. The molecule has 2 aromatic rings. The fraction of sp³-hybridized carbons (Fsp3) is 0.568. The van der Waals surface area contributed by atoms with Crippen LogP contribution in [0, 0.1) is 16.7 Å². The molecule has 6 rings (SSSR count). The predicted octanol–water partition coefficient (Wildman–Crippen LogP) is 2.62. The molecule has 6 N–H and O–H groups in total. The molecular formula is C44H55NO15. The number of carbonyl (C=O) groups is 5. The molecule has 16 nitrogen and oxygen atoms in total. The van der Waals surface area contributed by atoms with E-state index in [1.807, 2.05) is 0 Å². The van der Waals surface area contributed by atoms with Crippen molar-refractivity contribution in [3.63, 3.8) is 0 Å². The lowest BCUT2D eigenvalue weighted by Gasteiger charge is -2.67. The van der Waals surface area contributed by atoms with Crippen LogP contribution < -0.4 is 5.32 Å². The number of hydrogen-bond donors (Lipinski definition) is 6. The average Bonchev–Trinajstić information content (AvgIpc) is 3.17. The first-order valence-corrected chi connectivity index (χ1v) is 19.9. The molecule has 0 aromatic heterocycles. The third-order valence-corrected chi connectivity index (χ3v) is 13.0. The molecule has 11 atom stereocenters. The zero-order valence-corrected chi connectivity index (χ0v) is 35.0. The van der Waals surface area contributed by atoms with Gasteiger partial charge in [0.2, 0.25) is 5.60 Å². The Balaban J connectivity index is 1.52. The van der Waals surface area contributed by atoms with Crippen molar-refractivity contribution in [2.24, 2.45) is 16.7 Å². The van der Waals surface area contributed by atoms with Crippen LogP contribution in [0.2, 0.25) is 0 Å². The van der Waals surface area contributed by atoms with E-state index in [0.29, 0.717) is 0 Å². The Morgan fingerprint density at radius 3 is 2.10 bits per heavy atom. The van der Waals surface area contributed by atoms with Crippen molar-refractivity contribution in [1.82, 2.24) is 5.32 Å². The number of amides is 1. The summed E-state index contributed by atoms with van der Waals surface area (Å²) < 4.78 is 29.6. The van der Waals surface area contributed by atoms with Gasteiger partial charge in [0, 0.05) is 25.2 Å². The first kappa shape index (κ1) is 44.8. The number of nitrogens with one attached hydrogen (secondary N) is 1. The van der Waals surface area contributed by atoms with Gasteiger partial charge >= 0.3 is 24.0 Å². The van der Waals surface area contributed by atoms with E-state index >= 15 is 4.79 Å². The number of aliphatic hydroxyl groups is 5. The zero-order chi connectivity index (χ0) is 44.4. The standard InChI is InChI=1S/C44H55NO15/c1-23-27(57-37(52)42(54,21-46)33(25-15-11-9-12-16-25)45-38(53)60-39(3,4)5)20-44(55)35(58-36(51)26-17-13-10-14-18-26)32-41(8,34(50)31(49)30(23)40(44,6)7)28(48)19-29-43(32,22-56-29)59-24(2)47/h9-18,27-29,31-33,35,46,48-49,54-55H,19-22H2,1-8H3,(H,45,53)/t27-,28-,29+,31+,32-,33+,35-,41+,42-,43-,44+/m0/s1. The highest BCUT2D eigenvalue weighted by Gasteiger charge is 2.78. The normalized spacial score (nSPS) is 33.5. The van der Waals surface area contributed by atoms with E-state index in [0.717, 1.165) is 6.92 Å². The number of fused-ring (bicyclic) bond motifs is 5. The van der Waals surface area contributed by atoms with Crippen molar-refractivity contribution in [3.05, 3.63) is 82.9 Å². The largest absolute Gasteiger partial charge is 0.455 e. The maximum Gasteiger partial charge on any atom is 0.408 e. The third-order valence-electron chi connectivity index (χ3n) is 13.0. The van der Waals surface area contributed by atoms with Crippen molar-refractivity contribution < 1.29 is 73.2 Å². The molecule has 0 spiro atoms. The highest BCUT2D eigenvalue weighted by Crippen LogP contribution is 2.64. The molecule has 0 unspecified atom stereocenters.